The normalized spacial score (nSPS) is 13.0. The number of nitrogens with zero attached hydrogens (tertiary/aromatic N) is 2. The number of anilines is 1. The lowest BCUT2D eigenvalue weighted by atomic mass is 10.2. The zero-order chi connectivity index (χ0) is 20.4. The molecule has 1 unspecified atom stereocenters. The molecule has 0 bridgehead atoms. The molecule has 0 aliphatic carbocycles. The number of sulfonamides is 1. The Kier molecular flexibility index (Phi) is 5.62. The molecule has 0 aliphatic rings. The number of carbonyl (C=O) groups excluding carboxylic acids is 1. The smallest absolute Gasteiger partial charge is 0.345 e. The lowest BCUT2D eigenvalue weighted by Crippen LogP contribution is -2.42. The van der Waals surface area contributed by atoms with Crippen molar-refractivity contribution in [3.63, 3.8) is 0 Å². The van der Waals surface area contributed by atoms with E-state index in [4.69, 9.17) is 5.26 Å². The fraction of sp³-hybridized carbons (Fsp3) is 0.250. The van der Waals surface area contributed by atoms with Crippen LogP contribution in [0.1, 0.15) is 23.0 Å². The quantitative estimate of drug-likeness (QED) is 0.804. The van der Waals surface area contributed by atoms with E-state index in [0.29, 0.717) is 18.2 Å². The van der Waals surface area contributed by atoms with Crippen LogP contribution in [-0.2, 0) is 17.1 Å². The minimum atomic E-state index is -4.74. The number of nitrogens with one attached hydrogen (secondary N) is 2. The molecular weight excluding hydrogens is 385 g/mol. The summed E-state index contributed by atoms with van der Waals surface area (Å²) in [5.74, 6) is -0.682. The second kappa shape index (κ2) is 7.42. The van der Waals surface area contributed by atoms with Crippen LogP contribution >= 0.6 is 0 Å². The average molecular weight is 400 g/mol. The number of carbonyl (C=O) groups is 1. The molecule has 1 aromatic heterocycles. The summed E-state index contributed by atoms with van der Waals surface area (Å²) in [5, 5.41) is 11.4. The van der Waals surface area contributed by atoms with Gasteiger partial charge in [-0.15, -0.1) is 0 Å². The van der Waals surface area contributed by atoms with E-state index in [-0.39, 0.29) is 5.69 Å². The van der Waals surface area contributed by atoms with E-state index in [0.717, 1.165) is 12.3 Å². The molecule has 1 amide bonds. The predicted octanol–water partition coefficient (Wildman–Crippen LogP) is 2.38. The van der Waals surface area contributed by atoms with Gasteiger partial charge in [-0.2, -0.15) is 23.2 Å². The number of benzene rings is 1. The molecule has 7 nitrogen and oxygen atoms in total. The molecule has 0 saturated heterocycles. The summed E-state index contributed by atoms with van der Waals surface area (Å²) >= 11 is 0. The molecule has 1 aromatic carbocycles. The molecule has 2 aromatic rings. The summed E-state index contributed by atoms with van der Waals surface area (Å²) < 4.78 is 64.7. The Morgan fingerprint density at radius 1 is 1.30 bits per heavy atom. The molecule has 144 valence electrons. The number of halogens is 3. The molecule has 2 N–H and O–H groups in total. The summed E-state index contributed by atoms with van der Waals surface area (Å²) in [6.45, 7) is 0.677. The molecule has 0 aliphatic heterocycles. The van der Waals surface area contributed by atoms with Crippen LogP contribution in [0.3, 0.4) is 0 Å². The van der Waals surface area contributed by atoms with Crippen LogP contribution in [-0.4, -0.2) is 31.1 Å². The van der Waals surface area contributed by atoms with Gasteiger partial charge in [-0.3, -0.25) is 4.79 Å². The van der Waals surface area contributed by atoms with Crippen LogP contribution in [0.2, 0.25) is 0 Å². The van der Waals surface area contributed by atoms with Crippen LogP contribution in [0.4, 0.5) is 18.9 Å². The van der Waals surface area contributed by atoms with Crippen molar-refractivity contribution in [1.82, 2.24) is 9.29 Å². The number of hydrogen-bond acceptors (Lipinski definition) is 4. The zero-order valence-corrected chi connectivity index (χ0v) is 15.0. The highest BCUT2D eigenvalue weighted by Crippen LogP contribution is 2.22. The Bertz CT molecular complexity index is 1010. The fourth-order valence-corrected chi connectivity index (χ4v) is 3.43. The third-order valence-electron chi connectivity index (χ3n) is 3.60. The van der Waals surface area contributed by atoms with Gasteiger partial charge in [0.2, 0.25) is 10.0 Å². The molecule has 2 rings (SSSR count). The van der Waals surface area contributed by atoms with Gasteiger partial charge < -0.3 is 9.88 Å². The second-order valence-electron chi connectivity index (χ2n) is 5.70. The van der Waals surface area contributed by atoms with Gasteiger partial charge in [-0.1, -0.05) is 6.07 Å². The third-order valence-corrected chi connectivity index (χ3v) is 5.10. The number of amides is 1. The maximum Gasteiger partial charge on any atom is 0.404 e. The summed E-state index contributed by atoms with van der Waals surface area (Å²) in [4.78, 5) is 11.9. The van der Waals surface area contributed by atoms with E-state index < -0.39 is 33.0 Å². The number of alkyl halides is 3. The minimum absolute atomic E-state index is 0.0857. The Morgan fingerprint density at radius 3 is 2.56 bits per heavy atom. The Hall–Kier alpha value is -2.84. The van der Waals surface area contributed by atoms with Gasteiger partial charge >= 0.3 is 6.18 Å². The maximum atomic E-state index is 12.6. The average Bonchev–Trinajstić information content (AvgIpc) is 2.96. The molecule has 0 radical (unpaired) electrons. The molecule has 1 atom stereocenters. The molecule has 11 heteroatoms. The highest BCUT2D eigenvalue weighted by Gasteiger charge is 2.39. The summed E-state index contributed by atoms with van der Waals surface area (Å²) in [7, 11) is -3.09. The second-order valence-corrected chi connectivity index (χ2v) is 7.42. The number of aromatic nitrogens is 1. The van der Waals surface area contributed by atoms with Crippen molar-refractivity contribution in [2.24, 2.45) is 7.05 Å². The highest BCUT2D eigenvalue weighted by atomic mass is 32.2. The van der Waals surface area contributed by atoms with E-state index in [1.165, 1.54) is 34.5 Å². The van der Waals surface area contributed by atoms with E-state index in [1.54, 1.807) is 6.07 Å². The van der Waals surface area contributed by atoms with Crippen LogP contribution in [0.5, 0.6) is 0 Å². The van der Waals surface area contributed by atoms with Crippen molar-refractivity contribution in [3.05, 3.63) is 47.8 Å². The monoisotopic (exact) mass is 400 g/mol. The standard InChI is InChI=1S/C16H15F3N4O3S/c1-10(16(17,18)19)22-27(25,26)13-7-14(23(2)9-13)15(24)21-12-5-3-4-11(6-12)8-20/h3-7,9-10,22H,1-2H3,(H,21,24). The first-order valence-electron chi connectivity index (χ1n) is 7.51. The summed E-state index contributed by atoms with van der Waals surface area (Å²) in [6, 6.07) is 6.64. The zero-order valence-electron chi connectivity index (χ0n) is 14.2. The van der Waals surface area contributed by atoms with E-state index in [1.807, 2.05) is 6.07 Å². The fourth-order valence-electron chi connectivity index (χ4n) is 2.14. The van der Waals surface area contributed by atoms with Gasteiger partial charge in [0.25, 0.3) is 5.91 Å². The van der Waals surface area contributed by atoms with Crippen molar-refractivity contribution < 1.29 is 26.4 Å². The SMILES string of the molecule is CC(NS(=O)(=O)c1cc(C(=O)Nc2cccc(C#N)c2)n(C)c1)C(F)(F)F. The first-order valence-corrected chi connectivity index (χ1v) is 8.99. The van der Waals surface area contributed by atoms with Crippen molar-refractivity contribution in [2.75, 3.05) is 5.32 Å². The molecule has 1 heterocycles. The lowest BCUT2D eigenvalue weighted by Gasteiger charge is -2.16. The largest absolute Gasteiger partial charge is 0.404 e. The summed E-state index contributed by atoms with van der Waals surface area (Å²) in [5.41, 5.74) is 0.541. The van der Waals surface area contributed by atoms with Gasteiger partial charge in [0, 0.05) is 18.9 Å². The van der Waals surface area contributed by atoms with Gasteiger partial charge in [-0.25, -0.2) is 8.42 Å². The van der Waals surface area contributed by atoms with Crippen molar-refractivity contribution in [2.45, 2.75) is 24.0 Å². The minimum Gasteiger partial charge on any atom is -0.345 e. The van der Waals surface area contributed by atoms with Crippen molar-refractivity contribution >= 4 is 21.6 Å². The van der Waals surface area contributed by atoms with Gasteiger partial charge in [-0.05, 0) is 31.2 Å². The first kappa shape index (κ1) is 20.5. The van der Waals surface area contributed by atoms with Gasteiger partial charge in [0.1, 0.15) is 16.6 Å². The van der Waals surface area contributed by atoms with Gasteiger partial charge in [0.15, 0.2) is 0 Å². The Labute approximate surface area is 153 Å². The molecule has 0 spiro atoms. The summed E-state index contributed by atoms with van der Waals surface area (Å²) in [6.07, 6.45) is -3.71. The van der Waals surface area contributed by atoms with E-state index in [9.17, 15) is 26.4 Å². The Morgan fingerprint density at radius 2 is 1.96 bits per heavy atom. The number of nitriles is 1. The van der Waals surface area contributed by atoms with E-state index in [2.05, 4.69) is 5.32 Å². The maximum absolute atomic E-state index is 12.6. The number of aryl methyl sites for hydroxylation is 1. The third kappa shape index (κ3) is 4.87. The molecule has 0 fully saturated rings. The van der Waals surface area contributed by atoms with Gasteiger partial charge in [0.05, 0.1) is 11.6 Å². The molecule has 0 saturated carbocycles. The van der Waals surface area contributed by atoms with Crippen molar-refractivity contribution in [1.29, 1.82) is 5.26 Å². The van der Waals surface area contributed by atoms with Crippen LogP contribution in [0.25, 0.3) is 0 Å². The van der Waals surface area contributed by atoms with Crippen LogP contribution in [0, 0.1) is 11.3 Å². The van der Waals surface area contributed by atoms with Crippen molar-refractivity contribution in [3.8, 4) is 6.07 Å². The first-order chi connectivity index (χ1) is 12.4. The predicted molar refractivity (Wildman–Crippen MR) is 90.4 cm³/mol. The highest BCUT2D eigenvalue weighted by molar-refractivity contribution is 7.89. The molecule has 27 heavy (non-hydrogen) atoms. The molecular formula is C16H15F3N4O3S. The lowest BCUT2D eigenvalue weighted by molar-refractivity contribution is -0.147. The number of hydrogen-bond donors (Lipinski definition) is 2. The van der Waals surface area contributed by atoms with Crippen LogP contribution < -0.4 is 10.0 Å². The van der Waals surface area contributed by atoms with E-state index >= 15 is 0 Å². The Balaban J connectivity index is 2.25. The topological polar surface area (TPSA) is 104 Å². The van der Waals surface area contributed by atoms with Crippen LogP contribution in [0.15, 0.2) is 41.4 Å². The number of rotatable bonds is 5.